The first-order valence-electron chi connectivity index (χ1n) is 7.11. The summed E-state index contributed by atoms with van der Waals surface area (Å²) in [6.07, 6.45) is 2.26. The molecule has 2 N–H and O–H groups in total. The highest BCUT2D eigenvalue weighted by Crippen LogP contribution is 2.22. The van der Waals surface area contributed by atoms with Crippen LogP contribution < -0.4 is 10.1 Å². The Morgan fingerprint density at radius 3 is 2.83 bits per heavy atom. The van der Waals surface area contributed by atoms with Crippen LogP contribution in [0.3, 0.4) is 0 Å². The molecule has 1 aromatic rings. The number of nitrogens with zero attached hydrogens (tertiary/aromatic N) is 2. The second-order valence-corrected chi connectivity index (χ2v) is 5.95. The number of carboxylic acids is 1. The fraction of sp³-hybridized carbons (Fsp3) is 0.333. The number of hydrogen-bond donors (Lipinski definition) is 2. The van der Waals surface area contributed by atoms with Crippen molar-refractivity contribution in [3.05, 3.63) is 29.8 Å². The fourth-order valence-corrected chi connectivity index (χ4v) is 2.68. The first-order valence-corrected chi connectivity index (χ1v) is 7.99. The number of amidine groups is 1. The number of carboxylic acid groups (broad SMARTS) is 1. The topological polar surface area (TPSA) is 100 Å². The number of thioether (sulfide) groups is 1. The molecule has 0 saturated carbocycles. The smallest absolute Gasteiger partial charge is 0.305 e. The van der Waals surface area contributed by atoms with E-state index in [1.54, 1.807) is 6.21 Å². The second kappa shape index (κ2) is 8.33. The zero-order valence-corrected chi connectivity index (χ0v) is 13.4. The van der Waals surface area contributed by atoms with E-state index in [0.717, 1.165) is 29.5 Å². The average Bonchev–Trinajstić information content (AvgIpc) is 2.86. The Kier molecular flexibility index (Phi) is 6.16. The van der Waals surface area contributed by atoms with Crippen LogP contribution in [-0.4, -0.2) is 40.2 Å². The van der Waals surface area contributed by atoms with Gasteiger partial charge in [-0.2, -0.15) is 5.10 Å². The van der Waals surface area contributed by atoms with Gasteiger partial charge in [0.25, 0.3) is 0 Å². The molecule has 0 aromatic heterocycles. The van der Waals surface area contributed by atoms with E-state index in [4.69, 9.17) is 9.84 Å². The molecule has 0 spiro atoms. The number of amides is 1. The van der Waals surface area contributed by atoms with E-state index in [-0.39, 0.29) is 12.3 Å². The van der Waals surface area contributed by atoms with Crippen LogP contribution in [0.1, 0.15) is 25.3 Å². The molecular formula is C15H17N3O4S. The van der Waals surface area contributed by atoms with Crippen LogP contribution in [0, 0.1) is 0 Å². The molecule has 1 fully saturated rings. The highest BCUT2D eigenvalue weighted by molar-refractivity contribution is 8.15. The van der Waals surface area contributed by atoms with Crippen molar-refractivity contribution < 1.29 is 19.4 Å². The van der Waals surface area contributed by atoms with Crippen molar-refractivity contribution in [2.24, 2.45) is 10.2 Å². The number of benzene rings is 1. The van der Waals surface area contributed by atoms with E-state index in [1.807, 2.05) is 31.2 Å². The molecule has 1 saturated heterocycles. The minimum atomic E-state index is -1.02. The molecule has 1 amide bonds. The molecule has 1 aromatic carbocycles. The third-order valence-electron chi connectivity index (χ3n) is 2.84. The summed E-state index contributed by atoms with van der Waals surface area (Å²) in [6.45, 7) is 2.72. The van der Waals surface area contributed by atoms with Gasteiger partial charge in [-0.1, -0.05) is 18.7 Å². The van der Waals surface area contributed by atoms with Crippen molar-refractivity contribution in [1.29, 1.82) is 0 Å². The summed E-state index contributed by atoms with van der Waals surface area (Å²) >= 11 is 1.07. The van der Waals surface area contributed by atoms with E-state index in [9.17, 15) is 9.59 Å². The van der Waals surface area contributed by atoms with E-state index >= 15 is 0 Å². The Bertz CT molecular complexity index is 628. The van der Waals surface area contributed by atoms with E-state index in [2.05, 4.69) is 15.5 Å². The van der Waals surface area contributed by atoms with Crippen LogP contribution in [0.4, 0.5) is 0 Å². The van der Waals surface area contributed by atoms with Crippen molar-refractivity contribution >= 4 is 35.0 Å². The van der Waals surface area contributed by atoms with Gasteiger partial charge in [-0.25, -0.2) is 0 Å². The van der Waals surface area contributed by atoms with Gasteiger partial charge in [0.1, 0.15) is 11.0 Å². The normalized spacial score (nSPS) is 19.3. The number of carbonyl (C=O) groups excluding carboxylic acids is 1. The largest absolute Gasteiger partial charge is 0.494 e. The SMILES string of the molecule is CCCOc1ccc(C=N/N=C2\NC(=O)C(CC(=O)O)S2)cc1. The molecule has 0 aliphatic carbocycles. The predicted molar refractivity (Wildman–Crippen MR) is 89.0 cm³/mol. The molecule has 1 heterocycles. The maximum Gasteiger partial charge on any atom is 0.305 e. The van der Waals surface area contributed by atoms with Gasteiger partial charge in [0, 0.05) is 0 Å². The lowest BCUT2D eigenvalue weighted by molar-refractivity contribution is -0.138. The van der Waals surface area contributed by atoms with Crippen LogP contribution in [0.2, 0.25) is 0 Å². The van der Waals surface area contributed by atoms with Crippen LogP contribution in [0.15, 0.2) is 34.5 Å². The highest BCUT2D eigenvalue weighted by atomic mass is 32.2. The average molecular weight is 335 g/mol. The monoisotopic (exact) mass is 335 g/mol. The van der Waals surface area contributed by atoms with Crippen LogP contribution in [0.25, 0.3) is 0 Å². The molecule has 1 unspecified atom stereocenters. The van der Waals surface area contributed by atoms with Crippen molar-refractivity contribution in [3.63, 3.8) is 0 Å². The lowest BCUT2D eigenvalue weighted by atomic mass is 10.2. The van der Waals surface area contributed by atoms with Gasteiger partial charge in [-0.15, -0.1) is 5.10 Å². The van der Waals surface area contributed by atoms with Crippen LogP contribution >= 0.6 is 11.8 Å². The van der Waals surface area contributed by atoms with E-state index in [0.29, 0.717) is 11.8 Å². The fourth-order valence-electron chi connectivity index (χ4n) is 1.76. The summed E-state index contributed by atoms with van der Waals surface area (Å²) in [5.41, 5.74) is 0.842. The van der Waals surface area contributed by atoms with Crippen LogP contribution in [0.5, 0.6) is 5.75 Å². The van der Waals surface area contributed by atoms with Crippen LogP contribution in [-0.2, 0) is 9.59 Å². The first kappa shape index (κ1) is 17.0. The Balaban J connectivity index is 1.90. The number of nitrogens with one attached hydrogen (secondary N) is 1. The number of hydrogen-bond acceptors (Lipinski definition) is 6. The molecule has 0 bridgehead atoms. The van der Waals surface area contributed by atoms with Crippen molar-refractivity contribution in [3.8, 4) is 5.75 Å². The zero-order valence-electron chi connectivity index (χ0n) is 12.6. The summed E-state index contributed by atoms with van der Waals surface area (Å²) < 4.78 is 5.48. The quantitative estimate of drug-likeness (QED) is 0.585. The molecule has 2 rings (SSSR count). The summed E-state index contributed by atoms with van der Waals surface area (Å²) in [4.78, 5) is 22.2. The van der Waals surface area contributed by atoms with Gasteiger partial charge in [0.15, 0.2) is 5.17 Å². The van der Waals surface area contributed by atoms with Crippen molar-refractivity contribution in [2.45, 2.75) is 25.0 Å². The second-order valence-electron chi connectivity index (χ2n) is 4.76. The molecule has 1 aliphatic rings. The molecule has 0 radical (unpaired) electrons. The number of carbonyl (C=O) groups is 2. The summed E-state index contributed by atoms with van der Waals surface area (Å²) in [6, 6.07) is 7.39. The highest BCUT2D eigenvalue weighted by Gasteiger charge is 2.32. The number of rotatable bonds is 7. The Morgan fingerprint density at radius 2 is 2.17 bits per heavy atom. The molecule has 1 atom stereocenters. The third kappa shape index (κ3) is 5.41. The maximum atomic E-state index is 11.5. The summed E-state index contributed by atoms with van der Waals surface area (Å²) in [5, 5.41) is 18.7. The van der Waals surface area contributed by atoms with Crippen molar-refractivity contribution in [2.75, 3.05) is 6.61 Å². The Hall–Kier alpha value is -2.35. The first-order chi connectivity index (χ1) is 11.1. The third-order valence-corrected chi connectivity index (χ3v) is 3.92. The summed E-state index contributed by atoms with van der Waals surface area (Å²) in [7, 11) is 0. The molecular weight excluding hydrogens is 318 g/mol. The zero-order chi connectivity index (χ0) is 16.7. The standard InChI is InChI=1S/C15H17N3O4S/c1-2-7-22-11-5-3-10(4-6-11)9-16-18-15-17-14(21)12(23-15)8-13(19)20/h3-6,9,12H,2,7-8H2,1H3,(H,19,20)(H,17,18,21). The molecule has 8 heteroatoms. The number of aliphatic carboxylic acids is 1. The Morgan fingerprint density at radius 1 is 1.43 bits per heavy atom. The number of ether oxygens (including phenoxy) is 1. The van der Waals surface area contributed by atoms with Gasteiger partial charge in [-0.05, 0) is 36.2 Å². The lowest BCUT2D eigenvalue weighted by Crippen LogP contribution is -2.26. The molecule has 7 nitrogen and oxygen atoms in total. The van der Waals surface area contributed by atoms with Gasteiger partial charge in [-0.3, -0.25) is 9.59 Å². The lowest BCUT2D eigenvalue weighted by Gasteiger charge is -2.03. The molecule has 1 aliphatic heterocycles. The van der Waals surface area contributed by atoms with E-state index < -0.39 is 11.2 Å². The summed E-state index contributed by atoms with van der Waals surface area (Å²) in [5.74, 6) is -0.581. The minimum Gasteiger partial charge on any atom is -0.494 e. The molecule has 23 heavy (non-hydrogen) atoms. The van der Waals surface area contributed by atoms with Gasteiger partial charge in [0.2, 0.25) is 5.91 Å². The maximum absolute atomic E-state index is 11.5. The minimum absolute atomic E-state index is 0.238. The van der Waals surface area contributed by atoms with Gasteiger partial charge >= 0.3 is 5.97 Å². The van der Waals surface area contributed by atoms with Gasteiger partial charge < -0.3 is 15.2 Å². The van der Waals surface area contributed by atoms with Crippen molar-refractivity contribution in [1.82, 2.24) is 5.32 Å². The predicted octanol–water partition coefficient (Wildman–Crippen LogP) is 1.87. The Labute approximate surface area is 137 Å². The molecule has 122 valence electrons. The van der Waals surface area contributed by atoms with E-state index in [1.165, 1.54) is 0 Å². The van der Waals surface area contributed by atoms with Gasteiger partial charge in [0.05, 0.1) is 19.2 Å².